The second-order valence-electron chi connectivity index (χ2n) is 5.69. The largest absolute Gasteiger partial charge is 0.481 e. The summed E-state index contributed by atoms with van der Waals surface area (Å²) in [6.45, 7) is 5.23. The van der Waals surface area contributed by atoms with Gasteiger partial charge in [-0.1, -0.05) is 13.8 Å². The fraction of sp³-hybridized carbons (Fsp3) is 0.923. The molecule has 0 spiro atoms. The van der Waals surface area contributed by atoms with Crippen molar-refractivity contribution in [2.45, 2.75) is 33.1 Å². The fourth-order valence-electron chi connectivity index (χ4n) is 2.33. The molecule has 0 saturated carbocycles. The topological polar surface area (TPSA) is 80.7 Å². The lowest BCUT2D eigenvalue weighted by Crippen LogP contribution is -2.26. The number of carboxylic acid groups (broad SMARTS) is 1. The average molecular weight is 292 g/mol. The number of carbonyl (C=O) groups is 1. The Bertz CT molecular complexity index is 388. The van der Waals surface area contributed by atoms with Crippen LogP contribution in [0.25, 0.3) is 0 Å². The number of hydrogen-bond donors (Lipinski definition) is 1. The Morgan fingerprint density at radius 3 is 2.42 bits per heavy atom. The fourth-order valence-corrected chi connectivity index (χ4v) is 4.21. The third kappa shape index (κ3) is 5.91. The molecule has 19 heavy (non-hydrogen) atoms. The van der Waals surface area contributed by atoms with Gasteiger partial charge in [0, 0.05) is 13.2 Å². The van der Waals surface area contributed by atoms with E-state index in [1.165, 1.54) is 0 Å². The molecule has 0 bridgehead atoms. The maximum atomic E-state index is 11.4. The van der Waals surface area contributed by atoms with Gasteiger partial charge in [-0.2, -0.15) is 0 Å². The standard InChI is InChI=1S/C13H24O5S/c1-10(2)3-6-18-7-4-12(13(14)15)11-5-8-19(16,17)9-11/h10-12H,3-9H2,1-2H3,(H,14,15). The van der Waals surface area contributed by atoms with E-state index in [9.17, 15) is 18.3 Å². The molecule has 0 aliphatic carbocycles. The van der Waals surface area contributed by atoms with Crippen molar-refractivity contribution in [3.63, 3.8) is 0 Å². The lowest BCUT2D eigenvalue weighted by molar-refractivity contribution is -0.144. The highest BCUT2D eigenvalue weighted by Gasteiger charge is 2.36. The molecule has 1 rings (SSSR count). The van der Waals surface area contributed by atoms with E-state index in [1.807, 2.05) is 0 Å². The van der Waals surface area contributed by atoms with E-state index in [-0.39, 0.29) is 17.4 Å². The minimum absolute atomic E-state index is 0.00988. The predicted octanol–water partition coefficient (Wildman–Crippen LogP) is 1.57. The molecule has 1 heterocycles. The van der Waals surface area contributed by atoms with Crippen molar-refractivity contribution in [1.82, 2.24) is 0 Å². The maximum absolute atomic E-state index is 11.4. The molecule has 1 N–H and O–H groups in total. The van der Waals surface area contributed by atoms with Gasteiger partial charge in [-0.3, -0.25) is 4.79 Å². The van der Waals surface area contributed by atoms with Crippen LogP contribution in [0.2, 0.25) is 0 Å². The zero-order chi connectivity index (χ0) is 14.5. The maximum Gasteiger partial charge on any atom is 0.306 e. The van der Waals surface area contributed by atoms with E-state index in [0.29, 0.717) is 32.0 Å². The summed E-state index contributed by atoms with van der Waals surface area (Å²) >= 11 is 0. The highest BCUT2D eigenvalue weighted by atomic mass is 32.2. The van der Waals surface area contributed by atoms with Gasteiger partial charge >= 0.3 is 5.97 Å². The molecule has 0 aromatic rings. The van der Waals surface area contributed by atoms with Crippen molar-refractivity contribution >= 4 is 15.8 Å². The molecule has 1 aliphatic heterocycles. The van der Waals surface area contributed by atoms with Gasteiger partial charge < -0.3 is 9.84 Å². The Labute approximate surface area is 115 Å². The van der Waals surface area contributed by atoms with Crippen molar-refractivity contribution in [2.24, 2.45) is 17.8 Å². The van der Waals surface area contributed by atoms with Crippen LogP contribution < -0.4 is 0 Å². The van der Waals surface area contributed by atoms with Gasteiger partial charge in [-0.15, -0.1) is 0 Å². The minimum Gasteiger partial charge on any atom is -0.481 e. The van der Waals surface area contributed by atoms with Crippen LogP contribution in [0.3, 0.4) is 0 Å². The first-order chi connectivity index (χ1) is 8.82. The van der Waals surface area contributed by atoms with Crippen LogP contribution in [0, 0.1) is 17.8 Å². The second-order valence-corrected chi connectivity index (χ2v) is 7.92. The Morgan fingerprint density at radius 1 is 1.32 bits per heavy atom. The molecule has 0 amide bonds. The van der Waals surface area contributed by atoms with Crippen molar-refractivity contribution in [3.05, 3.63) is 0 Å². The van der Waals surface area contributed by atoms with Gasteiger partial charge in [0.15, 0.2) is 9.84 Å². The summed E-state index contributed by atoms with van der Waals surface area (Å²) < 4.78 is 28.2. The van der Waals surface area contributed by atoms with Crippen LogP contribution in [-0.4, -0.2) is 44.2 Å². The van der Waals surface area contributed by atoms with Gasteiger partial charge in [-0.05, 0) is 31.1 Å². The first kappa shape index (κ1) is 16.4. The molecular weight excluding hydrogens is 268 g/mol. The third-order valence-electron chi connectivity index (χ3n) is 3.57. The zero-order valence-corrected chi connectivity index (χ0v) is 12.5. The lowest BCUT2D eigenvalue weighted by Gasteiger charge is -2.18. The van der Waals surface area contributed by atoms with E-state index in [0.717, 1.165) is 6.42 Å². The molecule has 2 atom stereocenters. The summed E-state index contributed by atoms with van der Waals surface area (Å²) in [5.41, 5.74) is 0. The number of aliphatic carboxylic acids is 1. The molecule has 6 heteroatoms. The van der Waals surface area contributed by atoms with Gasteiger partial charge in [0.05, 0.1) is 17.4 Å². The molecule has 1 fully saturated rings. The first-order valence-electron chi connectivity index (χ1n) is 6.83. The summed E-state index contributed by atoms with van der Waals surface area (Å²) in [5, 5.41) is 9.20. The van der Waals surface area contributed by atoms with Crippen LogP contribution in [0.5, 0.6) is 0 Å². The Hall–Kier alpha value is -0.620. The van der Waals surface area contributed by atoms with Crippen molar-refractivity contribution in [1.29, 1.82) is 0 Å². The summed E-state index contributed by atoms with van der Waals surface area (Å²) in [5.74, 6) is -1.07. The predicted molar refractivity (Wildman–Crippen MR) is 72.8 cm³/mol. The van der Waals surface area contributed by atoms with Crippen LogP contribution in [0.15, 0.2) is 0 Å². The van der Waals surface area contributed by atoms with Crippen LogP contribution in [-0.2, 0) is 19.4 Å². The van der Waals surface area contributed by atoms with E-state index in [4.69, 9.17) is 4.74 Å². The summed E-state index contributed by atoms with van der Waals surface area (Å²) in [6.07, 6.45) is 1.81. The second kappa shape index (κ2) is 7.24. The number of sulfone groups is 1. The van der Waals surface area contributed by atoms with E-state index in [2.05, 4.69) is 13.8 Å². The molecule has 112 valence electrons. The quantitative estimate of drug-likeness (QED) is 0.687. The SMILES string of the molecule is CC(C)CCOCCC(C(=O)O)C1CCS(=O)(=O)C1. The average Bonchev–Trinajstić information content (AvgIpc) is 2.62. The minimum atomic E-state index is -3.02. The lowest BCUT2D eigenvalue weighted by atomic mass is 9.89. The monoisotopic (exact) mass is 292 g/mol. The molecular formula is C13H24O5S. The molecule has 5 nitrogen and oxygen atoms in total. The van der Waals surface area contributed by atoms with Crippen LogP contribution in [0.4, 0.5) is 0 Å². The van der Waals surface area contributed by atoms with E-state index >= 15 is 0 Å². The summed E-state index contributed by atoms with van der Waals surface area (Å²) in [7, 11) is -3.02. The highest BCUT2D eigenvalue weighted by Crippen LogP contribution is 2.28. The van der Waals surface area contributed by atoms with Crippen LogP contribution in [0.1, 0.15) is 33.1 Å². The number of ether oxygens (including phenoxy) is 1. The number of rotatable bonds is 8. The molecule has 1 saturated heterocycles. The van der Waals surface area contributed by atoms with Crippen molar-refractivity contribution < 1.29 is 23.1 Å². The van der Waals surface area contributed by atoms with Gasteiger partial charge in [0.1, 0.15) is 0 Å². The normalized spacial score (nSPS) is 23.6. The Balaban J connectivity index is 2.36. The van der Waals surface area contributed by atoms with Crippen molar-refractivity contribution in [3.8, 4) is 0 Å². The first-order valence-corrected chi connectivity index (χ1v) is 8.65. The Kier molecular flexibility index (Phi) is 6.26. The number of carboxylic acids is 1. The Morgan fingerprint density at radius 2 is 1.95 bits per heavy atom. The highest BCUT2D eigenvalue weighted by molar-refractivity contribution is 7.91. The summed E-state index contributed by atoms with van der Waals surface area (Å²) in [6, 6.07) is 0. The number of hydrogen-bond acceptors (Lipinski definition) is 4. The van der Waals surface area contributed by atoms with Crippen LogP contribution >= 0.6 is 0 Å². The molecule has 0 radical (unpaired) electrons. The van der Waals surface area contributed by atoms with Gasteiger partial charge in [0.2, 0.25) is 0 Å². The molecule has 0 aromatic carbocycles. The molecule has 1 aliphatic rings. The van der Waals surface area contributed by atoms with E-state index < -0.39 is 21.7 Å². The molecule has 2 unspecified atom stereocenters. The van der Waals surface area contributed by atoms with E-state index in [1.54, 1.807) is 0 Å². The third-order valence-corrected chi connectivity index (χ3v) is 5.36. The molecule has 0 aromatic heterocycles. The summed E-state index contributed by atoms with van der Waals surface area (Å²) in [4.78, 5) is 11.2. The van der Waals surface area contributed by atoms with Crippen molar-refractivity contribution in [2.75, 3.05) is 24.7 Å². The smallest absolute Gasteiger partial charge is 0.306 e. The zero-order valence-electron chi connectivity index (χ0n) is 11.7. The van der Waals surface area contributed by atoms with Gasteiger partial charge in [0.25, 0.3) is 0 Å². The van der Waals surface area contributed by atoms with Gasteiger partial charge in [-0.25, -0.2) is 8.42 Å².